The van der Waals surface area contributed by atoms with E-state index in [1.807, 2.05) is 44.2 Å². The van der Waals surface area contributed by atoms with Gasteiger partial charge in [-0.25, -0.2) is 4.79 Å². The van der Waals surface area contributed by atoms with Gasteiger partial charge >= 0.3 is 5.97 Å². The molecule has 0 aliphatic carbocycles. The van der Waals surface area contributed by atoms with Crippen LogP contribution < -0.4 is 0 Å². The van der Waals surface area contributed by atoms with Crippen molar-refractivity contribution in [3.05, 3.63) is 35.9 Å². The highest BCUT2D eigenvalue weighted by molar-refractivity contribution is 5.74. The highest BCUT2D eigenvalue weighted by Crippen LogP contribution is 2.26. The minimum absolute atomic E-state index is 0.0173. The van der Waals surface area contributed by atoms with Crippen LogP contribution in [-0.2, 0) is 16.2 Å². The molecule has 16 heavy (non-hydrogen) atoms. The lowest BCUT2D eigenvalue weighted by atomic mass is 9.99. The zero-order valence-electron chi connectivity index (χ0n) is 9.72. The first-order valence-corrected chi connectivity index (χ1v) is 5.74. The van der Waals surface area contributed by atoms with Gasteiger partial charge < -0.3 is 4.84 Å². The van der Waals surface area contributed by atoms with Gasteiger partial charge in [0.2, 0.25) is 0 Å². The molecule has 2 atom stereocenters. The second kappa shape index (κ2) is 4.66. The normalized spacial score (nSPS) is 25.8. The Kier molecular flexibility index (Phi) is 3.25. The van der Waals surface area contributed by atoms with Gasteiger partial charge in [0.25, 0.3) is 0 Å². The van der Waals surface area contributed by atoms with Gasteiger partial charge in [0.1, 0.15) is 0 Å². The summed E-state index contributed by atoms with van der Waals surface area (Å²) in [4.78, 5) is 16.8. The van der Waals surface area contributed by atoms with Crippen molar-refractivity contribution in [2.24, 2.45) is 5.92 Å². The average Bonchev–Trinajstić information content (AvgIpc) is 2.55. The molecule has 1 aliphatic rings. The molecule has 0 unspecified atom stereocenters. The summed E-state index contributed by atoms with van der Waals surface area (Å²) in [6, 6.07) is 10.2. The molecule has 0 bridgehead atoms. The predicted octanol–water partition coefficient (Wildman–Crippen LogP) is 2.38. The second-order valence-corrected chi connectivity index (χ2v) is 4.23. The molecule has 0 amide bonds. The molecule has 0 aromatic heterocycles. The number of benzene rings is 1. The SMILES string of the molecule is CC[C@H]1C(=O)ON(Cc2ccccc2)[C@@H]1C. The summed E-state index contributed by atoms with van der Waals surface area (Å²) in [5.41, 5.74) is 1.17. The molecule has 1 fully saturated rings. The molecule has 86 valence electrons. The first-order valence-electron chi connectivity index (χ1n) is 5.74. The summed E-state index contributed by atoms with van der Waals surface area (Å²) in [6.07, 6.45) is 0.839. The Morgan fingerprint density at radius 1 is 1.31 bits per heavy atom. The van der Waals surface area contributed by atoms with Crippen LogP contribution in [0.4, 0.5) is 0 Å². The highest BCUT2D eigenvalue weighted by Gasteiger charge is 2.38. The van der Waals surface area contributed by atoms with E-state index in [0.29, 0.717) is 6.54 Å². The monoisotopic (exact) mass is 219 g/mol. The van der Waals surface area contributed by atoms with E-state index in [4.69, 9.17) is 4.84 Å². The van der Waals surface area contributed by atoms with E-state index in [1.165, 1.54) is 5.56 Å². The van der Waals surface area contributed by atoms with E-state index >= 15 is 0 Å². The van der Waals surface area contributed by atoms with Crippen molar-refractivity contribution >= 4 is 5.97 Å². The van der Waals surface area contributed by atoms with E-state index in [1.54, 1.807) is 5.06 Å². The van der Waals surface area contributed by atoms with Crippen LogP contribution >= 0.6 is 0 Å². The summed E-state index contributed by atoms with van der Waals surface area (Å²) in [7, 11) is 0. The van der Waals surface area contributed by atoms with Crippen LogP contribution in [0.2, 0.25) is 0 Å². The standard InChI is InChI=1S/C13H17NO2/c1-3-12-10(2)14(16-13(12)15)9-11-7-5-4-6-8-11/h4-8,10,12H,3,9H2,1-2H3/t10-,12-/m1/s1. The van der Waals surface area contributed by atoms with Crippen molar-refractivity contribution in [2.75, 3.05) is 0 Å². The maximum atomic E-state index is 11.6. The van der Waals surface area contributed by atoms with E-state index in [-0.39, 0.29) is 17.9 Å². The first kappa shape index (κ1) is 11.1. The fourth-order valence-electron chi connectivity index (χ4n) is 2.11. The van der Waals surface area contributed by atoms with Crippen molar-refractivity contribution < 1.29 is 9.63 Å². The Labute approximate surface area is 96.0 Å². The van der Waals surface area contributed by atoms with Crippen molar-refractivity contribution in [3.8, 4) is 0 Å². The minimum atomic E-state index is -0.0917. The van der Waals surface area contributed by atoms with Crippen LogP contribution in [0.25, 0.3) is 0 Å². The topological polar surface area (TPSA) is 29.5 Å². The third kappa shape index (κ3) is 2.09. The van der Waals surface area contributed by atoms with Gasteiger partial charge in [-0.3, -0.25) is 0 Å². The number of hydrogen-bond donors (Lipinski definition) is 0. The second-order valence-electron chi connectivity index (χ2n) is 4.23. The number of hydrogen-bond acceptors (Lipinski definition) is 3. The van der Waals surface area contributed by atoms with Gasteiger partial charge in [0, 0.05) is 0 Å². The summed E-state index contributed by atoms with van der Waals surface area (Å²) in [6.45, 7) is 4.74. The molecule has 2 rings (SSSR count). The maximum absolute atomic E-state index is 11.6. The van der Waals surface area contributed by atoms with Crippen LogP contribution in [0.1, 0.15) is 25.8 Å². The van der Waals surface area contributed by atoms with Crippen LogP contribution in [0.3, 0.4) is 0 Å². The molecule has 0 radical (unpaired) electrons. The third-order valence-electron chi connectivity index (χ3n) is 3.17. The van der Waals surface area contributed by atoms with Gasteiger partial charge in [-0.2, -0.15) is 0 Å². The Bertz CT molecular complexity index is 363. The predicted molar refractivity (Wildman–Crippen MR) is 61.3 cm³/mol. The highest BCUT2D eigenvalue weighted by atomic mass is 16.7. The number of rotatable bonds is 3. The molecule has 1 aromatic carbocycles. The summed E-state index contributed by atoms with van der Waals surface area (Å²) < 4.78 is 0. The van der Waals surface area contributed by atoms with E-state index in [2.05, 4.69) is 0 Å². The summed E-state index contributed by atoms with van der Waals surface area (Å²) >= 11 is 0. The van der Waals surface area contributed by atoms with Crippen LogP contribution in [0, 0.1) is 5.92 Å². The van der Waals surface area contributed by atoms with Gasteiger partial charge in [-0.15, -0.1) is 5.06 Å². The fraction of sp³-hybridized carbons (Fsp3) is 0.462. The van der Waals surface area contributed by atoms with Gasteiger partial charge in [0.05, 0.1) is 18.5 Å². The molecule has 1 heterocycles. The largest absolute Gasteiger partial charge is 0.367 e. The number of nitrogens with zero attached hydrogens (tertiary/aromatic N) is 1. The molecule has 1 saturated heterocycles. The van der Waals surface area contributed by atoms with E-state index in [9.17, 15) is 4.79 Å². The summed E-state index contributed by atoms with van der Waals surface area (Å²) in [5, 5.41) is 1.78. The maximum Gasteiger partial charge on any atom is 0.329 e. The van der Waals surface area contributed by atoms with Crippen molar-refractivity contribution in [2.45, 2.75) is 32.9 Å². The molecular weight excluding hydrogens is 202 g/mol. The molecule has 3 nitrogen and oxygen atoms in total. The molecule has 3 heteroatoms. The lowest BCUT2D eigenvalue weighted by Crippen LogP contribution is -2.28. The van der Waals surface area contributed by atoms with E-state index < -0.39 is 0 Å². The lowest BCUT2D eigenvalue weighted by molar-refractivity contribution is -0.177. The van der Waals surface area contributed by atoms with Crippen molar-refractivity contribution in [3.63, 3.8) is 0 Å². The first-order chi connectivity index (χ1) is 7.72. The molecule has 0 N–H and O–H groups in total. The fourth-order valence-corrected chi connectivity index (χ4v) is 2.11. The van der Waals surface area contributed by atoms with Crippen molar-refractivity contribution in [1.82, 2.24) is 5.06 Å². The Balaban J connectivity index is 2.05. The van der Waals surface area contributed by atoms with E-state index in [0.717, 1.165) is 6.42 Å². The Hall–Kier alpha value is -1.35. The van der Waals surface area contributed by atoms with Crippen LogP contribution in [-0.4, -0.2) is 17.1 Å². The van der Waals surface area contributed by atoms with Gasteiger partial charge in [-0.1, -0.05) is 37.3 Å². The van der Waals surface area contributed by atoms with Crippen LogP contribution in [0.15, 0.2) is 30.3 Å². The van der Waals surface area contributed by atoms with Gasteiger partial charge in [-0.05, 0) is 18.9 Å². The number of carbonyl (C=O) groups is 1. The number of hydroxylamine groups is 2. The Morgan fingerprint density at radius 2 is 2.00 bits per heavy atom. The third-order valence-corrected chi connectivity index (χ3v) is 3.17. The molecule has 0 saturated carbocycles. The zero-order chi connectivity index (χ0) is 11.5. The smallest absolute Gasteiger partial charge is 0.329 e. The minimum Gasteiger partial charge on any atom is -0.367 e. The molecule has 0 spiro atoms. The molecular formula is C13H17NO2. The Morgan fingerprint density at radius 3 is 2.56 bits per heavy atom. The lowest BCUT2D eigenvalue weighted by Gasteiger charge is -2.19. The van der Waals surface area contributed by atoms with Gasteiger partial charge in [0.15, 0.2) is 0 Å². The summed E-state index contributed by atoms with van der Waals surface area (Å²) in [5.74, 6) is -0.0744. The quantitative estimate of drug-likeness (QED) is 0.781. The van der Waals surface area contributed by atoms with Crippen molar-refractivity contribution in [1.29, 1.82) is 0 Å². The number of carbonyl (C=O) groups excluding carboxylic acids is 1. The average molecular weight is 219 g/mol. The molecule has 1 aromatic rings. The molecule has 1 aliphatic heterocycles. The van der Waals surface area contributed by atoms with Crippen LogP contribution in [0.5, 0.6) is 0 Å². The zero-order valence-corrected chi connectivity index (χ0v) is 9.72.